The van der Waals surface area contributed by atoms with Gasteiger partial charge in [-0.3, -0.25) is 4.21 Å². The monoisotopic (exact) mass is 567 g/mol. The Balaban J connectivity index is 1.24. The van der Waals surface area contributed by atoms with E-state index in [0.717, 1.165) is 76.1 Å². The normalized spacial score (nSPS) is 26.3. The maximum Gasteiger partial charge on any atom is 0.175 e. The molecule has 0 radical (unpaired) electrons. The molecule has 5 rings (SSSR count). The van der Waals surface area contributed by atoms with Crippen molar-refractivity contribution >= 4 is 30.9 Å². The summed E-state index contributed by atoms with van der Waals surface area (Å²) in [5, 5.41) is 10.9. The van der Waals surface area contributed by atoms with E-state index in [-0.39, 0.29) is 17.1 Å². The Labute approximate surface area is 234 Å². The molecule has 2 unspecified atom stereocenters. The summed E-state index contributed by atoms with van der Waals surface area (Å²) in [6, 6.07) is 20.3. The highest BCUT2D eigenvalue weighted by atomic mass is 32.2. The predicted octanol–water partition coefficient (Wildman–Crippen LogP) is 4.21. The number of nitriles is 1. The Bertz CT molecular complexity index is 1400. The Kier molecular flexibility index (Phi) is 7.89. The lowest BCUT2D eigenvalue weighted by atomic mass is 9.60. The van der Waals surface area contributed by atoms with Crippen molar-refractivity contribution in [3.05, 3.63) is 60.2 Å². The molecular formula is C31H41N3O3S2. The summed E-state index contributed by atoms with van der Waals surface area (Å²) < 4.78 is 36.7. The molecule has 210 valence electrons. The Hall–Kier alpha value is -2.34. The zero-order valence-corrected chi connectivity index (χ0v) is 24.8. The first-order valence-corrected chi connectivity index (χ1v) is 18.2. The molecule has 2 aliphatic heterocycles. The molecule has 0 N–H and O–H groups in total. The SMILES string of the molecule is C=S(C)(=O)[C@@H]1CCC[C@@H]1C(C#N)(c1ccccc1)C1CCN(CC2CN(c3ccc(S(C)(=O)=O)cc3)C2)CC1. The van der Waals surface area contributed by atoms with Crippen molar-refractivity contribution in [1.82, 2.24) is 4.90 Å². The molecule has 0 amide bonds. The van der Waals surface area contributed by atoms with Crippen LogP contribution in [0.2, 0.25) is 0 Å². The first kappa shape index (κ1) is 28.2. The van der Waals surface area contributed by atoms with Crippen molar-refractivity contribution in [1.29, 1.82) is 5.26 Å². The fraction of sp³-hybridized carbons (Fsp3) is 0.548. The molecule has 2 heterocycles. The molecule has 2 aromatic rings. The molecule has 2 aromatic carbocycles. The maximum absolute atomic E-state index is 13.2. The van der Waals surface area contributed by atoms with Gasteiger partial charge in [-0.2, -0.15) is 5.26 Å². The molecule has 4 atom stereocenters. The minimum absolute atomic E-state index is 0.0113. The fourth-order valence-corrected chi connectivity index (χ4v) is 9.83. The van der Waals surface area contributed by atoms with Gasteiger partial charge in [-0.15, -0.1) is 0 Å². The number of anilines is 1. The summed E-state index contributed by atoms with van der Waals surface area (Å²) in [6.07, 6.45) is 7.81. The van der Waals surface area contributed by atoms with Crippen LogP contribution in [0.25, 0.3) is 0 Å². The van der Waals surface area contributed by atoms with Gasteiger partial charge in [0, 0.05) is 49.0 Å². The molecule has 0 bridgehead atoms. The van der Waals surface area contributed by atoms with Gasteiger partial charge in [0.2, 0.25) is 0 Å². The second-order valence-electron chi connectivity index (χ2n) is 12.1. The highest BCUT2D eigenvalue weighted by molar-refractivity contribution is 8.00. The van der Waals surface area contributed by atoms with E-state index in [2.05, 4.69) is 33.9 Å². The fourth-order valence-electron chi connectivity index (χ4n) is 7.49. The molecular weight excluding hydrogens is 526 g/mol. The highest BCUT2D eigenvalue weighted by Crippen LogP contribution is 2.51. The van der Waals surface area contributed by atoms with Gasteiger partial charge in [0.1, 0.15) is 0 Å². The summed E-state index contributed by atoms with van der Waals surface area (Å²) in [6.45, 7) is 4.95. The molecule has 1 saturated carbocycles. The second-order valence-corrected chi connectivity index (χ2v) is 16.9. The van der Waals surface area contributed by atoms with Crippen LogP contribution in [0.15, 0.2) is 59.5 Å². The highest BCUT2D eigenvalue weighted by Gasteiger charge is 2.53. The number of rotatable bonds is 8. The average Bonchev–Trinajstić information content (AvgIpc) is 3.39. The van der Waals surface area contributed by atoms with E-state index in [1.165, 1.54) is 6.26 Å². The lowest BCUT2D eigenvalue weighted by Crippen LogP contribution is -2.54. The number of likely N-dealkylation sites (tertiary alicyclic amines) is 1. The predicted molar refractivity (Wildman–Crippen MR) is 160 cm³/mol. The van der Waals surface area contributed by atoms with Crippen molar-refractivity contribution in [2.45, 2.75) is 47.7 Å². The summed E-state index contributed by atoms with van der Waals surface area (Å²) in [5.41, 5.74) is 1.53. The third-order valence-corrected chi connectivity index (χ3v) is 12.4. The molecule has 3 aliphatic rings. The Morgan fingerprint density at radius 3 is 2.15 bits per heavy atom. The van der Waals surface area contributed by atoms with Gasteiger partial charge in [0.25, 0.3) is 0 Å². The summed E-state index contributed by atoms with van der Waals surface area (Å²) >= 11 is 0. The standard InChI is InChI=1S/C31H41N3O3S2/c1-38(2,35)30-11-7-10-29(30)31(23-32,25-8-5-4-6-9-25)26-16-18-33(19-17-26)20-24-21-34(22-24)27-12-14-28(15-13-27)39(3,36)37/h4-6,8-9,12-15,24,26,29-30H,1,7,10-11,16-22H2,2-3H3/t29-,30+,31?,38?/m0/s1. The van der Waals surface area contributed by atoms with E-state index >= 15 is 0 Å². The lowest BCUT2D eigenvalue weighted by molar-refractivity contribution is 0.104. The molecule has 6 nitrogen and oxygen atoms in total. The summed E-state index contributed by atoms with van der Waals surface area (Å²) in [7, 11) is -5.43. The number of hydrogen-bond donors (Lipinski definition) is 0. The van der Waals surface area contributed by atoms with Crippen molar-refractivity contribution in [2.75, 3.05) is 50.1 Å². The number of hydrogen-bond acceptors (Lipinski definition) is 6. The largest absolute Gasteiger partial charge is 0.371 e. The summed E-state index contributed by atoms with van der Waals surface area (Å²) in [4.78, 5) is 5.21. The van der Waals surface area contributed by atoms with E-state index < -0.39 is 24.8 Å². The first-order valence-electron chi connectivity index (χ1n) is 14.1. The van der Waals surface area contributed by atoms with Gasteiger partial charge in [-0.1, -0.05) is 36.8 Å². The zero-order valence-electron chi connectivity index (χ0n) is 23.2. The van der Waals surface area contributed by atoms with Crippen molar-refractivity contribution in [3.8, 4) is 6.07 Å². The van der Waals surface area contributed by atoms with Crippen LogP contribution >= 0.6 is 0 Å². The third-order valence-electron chi connectivity index (χ3n) is 9.45. The third kappa shape index (κ3) is 5.64. The van der Waals surface area contributed by atoms with Crippen molar-refractivity contribution in [2.24, 2.45) is 17.8 Å². The summed E-state index contributed by atoms with van der Waals surface area (Å²) in [5.74, 6) is 4.97. The topological polar surface area (TPSA) is 81.5 Å². The molecule has 39 heavy (non-hydrogen) atoms. The molecule has 2 saturated heterocycles. The van der Waals surface area contributed by atoms with Crippen LogP contribution in [0.4, 0.5) is 5.69 Å². The van der Waals surface area contributed by atoms with E-state index in [1.54, 1.807) is 18.4 Å². The number of sulfone groups is 1. The van der Waals surface area contributed by atoms with Crippen LogP contribution in [0.1, 0.15) is 37.7 Å². The molecule has 0 aromatic heterocycles. The van der Waals surface area contributed by atoms with E-state index in [1.807, 2.05) is 30.3 Å². The van der Waals surface area contributed by atoms with Crippen LogP contribution in [0, 0.1) is 29.1 Å². The van der Waals surface area contributed by atoms with Crippen molar-refractivity contribution in [3.63, 3.8) is 0 Å². The minimum atomic E-state index is -3.18. The molecule has 1 aliphatic carbocycles. The minimum Gasteiger partial charge on any atom is -0.371 e. The maximum atomic E-state index is 13.2. The molecule has 8 heteroatoms. The van der Waals surface area contributed by atoms with Gasteiger partial charge >= 0.3 is 0 Å². The molecule has 0 spiro atoms. The molecule has 3 fully saturated rings. The van der Waals surface area contributed by atoms with Crippen LogP contribution in [0.3, 0.4) is 0 Å². The first-order chi connectivity index (χ1) is 18.5. The van der Waals surface area contributed by atoms with E-state index in [0.29, 0.717) is 10.8 Å². The van der Waals surface area contributed by atoms with Crippen LogP contribution in [-0.2, 0) is 24.8 Å². The van der Waals surface area contributed by atoms with Gasteiger partial charge in [0.05, 0.1) is 16.4 Å². The van der Waals surface area contributed by atoms with Crippen LogP contribution in [-0.4, -0.2) is 73.9 Å². The van der Waals surface area contributed by atoms with Crippen LogP contribution < -0.4 is 4.90 Å². The quantitative estimate of drug-likeness (QED) is 0.445. The van der Waals surface area contributed by atoms with E-state index in [9.17, 15) is 17.9 Å². The smallest absolute Gasteiger partial charge is 0.175 e. The van der Waals surface area contributed by atoms with E-state index in [4.69, 9.17) is 0 Å². The van der Waals surface area contributed by atoms with Gasteiger partial charge < -0.3 is 9.80 Å². The lowest BCUT2D eigenvalue weighted by Gasteiger charge is -2.48. The van der Waals surface area contributed by atoms with Gasteiger partial charge in [-0.05, 0) is 95.8 Å². The number of nitrogens with zero attached hydrogens (tertiary/aromatic N) is 3. The van der Waals surface area contributed by atoms with Crippen molar-refractivity contribution < 1.29 is 12.6 Å². The zero-order chi connectivity index (χ0) is 27.8. The Morgan fingerprint density at radius 2 is 1.59 bits per heavy atom. The number of benzene rings is 2. The second kappa shape index (κ2) is 10.9. The number of piperidine rings is 1. The van der Waals surface area contributed by atoms with Crippen LogP contribution in [0.5, 0.6) is 0 Å². The van der Waals surface area contributed by atoms with Gasteiger partial charge in [-0.25, -0.2) is 8.42 Å². The Morgan fingerprint density at radius 1 is 0.949 bits per heavy atom. The average molecular weight is 568 g/mol. The van der Waals surface area contributed by atoms with Gasteiger partial charge in [0.15, 0.2) is 9.84 Å².